The topological polar surface area (TPSA) is 61.4 Å². The van der Waals surface area contributed by atoms with E-state index in [0.29, 0.717) is 13.0 Å². The zero-order valence-electron chi connectivity index (χ0n) is 9.91. The molecule has 2 fully saturated rings. The van der Waals surface area contributed by atoms with Gasteiger partial charge in [-0.15, -0.1) is 11.8 Å². The van der Waals surface area contributed by atoms with Crippen LogP contribution in [0.15, 0.2) is 0 Å². The highest BCUT2D eigenvalue weighted by Gasteiger charge is 2.22. The van der Waals surface area contributed by atoms with E-state index in [4.69, 9.17) is 0 Å². The van der Waals surface area contributed by atoms with Crippen LogP contribution in [0, 0.1) is 0 Å². The second-order valence-electron chi connectivity index (χ2n) is 4.40. The maximum Gasteiger partial charge on any atom is 0.238 e. The number of amides is 2. The third-order valence-corrected chi connectivity index (χ3v) is 4.05. The summed E-state index contributed by atoms with van der Waals surface area (Å²) in [5.74, 6) is 2.06. The van der Waals surface area contributed by atoms with Crippen LogP contribution in [0.1, 0.15) is 19.3 Å². The lowest BCUT2D eigenvalue weighted by Gasteiger charge is -2.16. The Bertz CT molecular complexity index is 292. The molecule has 1 atom stereocenters. The van der Waals surface area contributed by atoms with Gasteiger partial charge in [0, 0.05) is 37.7 Å². The zero-order chi connectivity index (χ0) is 12.1. The van der Waals surface area contributed by atoms with E-state index >= 15 is 0 Å². The lowest BCUT2D eigenvalue weighted by molar-refractivity contribution is -0.127. The van der Waals surface area contributed by atoms with Gasteiger partial charge in [0.1, 0.15) is 0 Å². The van der Waals surface area contributed by atoms with Crippen LogP contribution < -0.4 is 10.6 Å². The Morgan fingerprint density at radius 3 is 3.12 bits per heavy atom. The molecule has 0 aromatic heterocycles. The number of thioether (sulfide) groups is 1. The van der Waals surface area contributed by atoms with Crippen LogP contribution in [0.25, 0.3) is 0 Å². The minimum atomic E-state index is -0.0339. The molecule has 2 heterocycles. The van der Waals surface area contributed by atoms with Crippen LogP contribution in [0.4, 0.5) is 0 Å². The molecule has 0 radical (unpaired) electrons. The molecule has 0 spiro atoms. The molecule has 0 aromatic rings. The Hall–Kier alpha value is -0.750. The Kier molecular flexibility index (Phi) is 4.67. The second-order valence-corrected chi connectivity index (χ2v) is 5.43. The smallest absolute Gasteiger partial charge is 0.238 e. The Balaban J connectivity index is 1.56. The number of hydrogen-bond donors (Lipinski definition) is 2. The van der Waals surface area contributed by atoms with Crippen LogP contribution in [0.2, 0.25) is 0 Å². The molecule has 6 heteroatoms. The SMILES string of the molecule is O=C(NCCCN1CCCC1=O)C1CSCN1. The number of hydrogen-bond acceptors (Lipinski definition) is 4. The van der Waals surface area contributed by atoms with Gasteiger partial charge in [-0.1, -0.05) is 0 Å². The normalized spacial score (nSPS) is 24.4. The summed E-state index contributed by atoms with van der Waals surface area (Å²) in [7, 11) is 0. The number of nitrogens with zero attached hydrogens (tertiary/aromatic N) is 1. The maximum atomic E-state index is 11.6. The van der Waals surface area contributed by atoms with Crippen molar-refractivity contribution in [2.75, 3.05) is 31.3 Å². The zero-order valence-corrected chi connectivity index (χ0v) is 10.7. The number of carbonyl (C=O) groups is 2. The second kappa shape index (κ2) is 6.26. The molecule has 17 heavy (non-hydrogen) atoms. The van der Waals surface area contributed by atoms with Gasteiger partial charge in [0.05, 0.1) is 6.04 Å². The minimum absolute atomic E-state index is 0.0339. The van der Waals surface area contributed by atoms with Gasteiger partial charge in [0.15, 0.2) is 0 Å². The van der Waals surface area contributed by atoms with Crippen molar-refractivity contribution in [1.82, 2.24) is 15.5 Å². The van der Waals surface area contributed by atoms with E-state index in [-0.39, 0.29) is 17.9 Å². The summed E-state index contributed by atoms with van der Waals surface area (Å²) in [6.45, 7) is 2.31. The van der Waals surface area contributed by atoms with Gasteiger partial charge in [0.25, 0.3) is 0 Å². The molecule has 5 nitrogen and oxygen atoms in total. The van der Waals surface area contributed by atoms with Gasteiger partial charge in [0.2, 0.25) is 11.8 Å². The molecule has 2 rings (SSSR count). The minimum Gasteiger partial charge on any atom is -0.355 e. The van der Waals surface area contributed by atoms with Crippen molar-refractivity contribution in [3.8, 4) is 0 Å². The number of carbonyl (C=O) groups excluding carboxylic acids is 2. The van der Waals surface area contributed by atoms with E-state index in [2.05, 4.69) is 10.6 Å². The fraction of sp³-hybridized carbons (Fsp3) is 0.818. The molecular formula is C11H19N3O2S. The molecule has 0 aromatic carbocycles. The molecule has 0 bridgehead atoms. The van der Waals surface area contributed by atoms with Gasteiger partial charge in [-0.3, -0.25) is 14.9 Å². The van der Waals surface area contributed by atoms with E-state index in [1.54, 1.807) is 11.8 Å². The average molecular weight is 257 g/mol. The van der Waals surface area contributed by atoms with E-state index in [0.717, 1.165) is 37.6 Å². The fourth-order valence-corrected chi connectivity index (χ4v) is 3.05. The van der Waals surface area contributed by atoms with Crippen LogP contribution in [-0.2, 0) is 9.59 Å². The summed E-state index contributed by atoms with van der Waals surface area (Å²) < 4.78 is 0. The lowest BCUT2D eigenvalue weighted by atomic mass is 10.3. The Morgan fingerprint density at radius 2 is 2.47 bits per heavy atom. The standard InChI is InChI=1S/C11H19N3O2S/c15-10-3-1-5-14(10)6-2-4-12-11(16)9-7-17-8-13-9/h9,13H,1-8H2,(H,12,16). The van der Waals surface area contributed by atoms with E-state index in [9.17, 15) is 9.59 Å². The van der Waals surface area contributed by atoms with Crippen molar-refractivity contribution >= 4 is 23.6 Å². The third-order valence-electron chi connectivity index (χ3n) is 3.11. The number of nitrogens with one attached hydrogen (secondary N) is 2. The molecular weight excluding hydrogens is 238 g/mol. The summed E-state index contributed by atoms with van der Waals surface area (Å²) in [6.07, 6.45) is 2.52. The van der Waals surface area contributed by atoms with Gasteiger partial charge in [-0.25, -0.2) is 0 Å². The molecule has 2 N–H and O–H groups in total. The maximum absolute atomic E-state index is 11.6. The molecule has 2 saturated heterocycles. The van der Waals surface area contributed by atoms with Crippen molar-refractivity contribution in [2.45, 2.75) is 25.3 Å². The summed E-state index contributed by atoms with van der Waals surface area (Å²) in [5.41, 5.74) is 0. The molecule has 0 aliphatic carbocycles. The fourth-order valence-electron chi connectivity index (χ4n) is 2.11. The van der Waals surface area contributed by atoms with E-state index in [1.165, 1.54) is 0 Å². The first-order valence-corrected chi connectivity index (χ1v) is 7.29. The van der Waals surface area contributed by atoms with Crippen molar-refractivity contribution in [2.24, 2.45) is 0 Å². The molecule has 2 aliphatic heterocycles. The number of rotatable bonds is 5. The monoisotopic (exact) mass is 257 g/mol. The molecule has 1 unspecified atom stereocenters. The quantitative estimate of drug-likeness (QED) is 0.668. The first-order valence-electron chi connectivity index (χ1n) is 6.14. The lowest BCUT2D eigenvalue weighted by Crippen LogP contribution is -2.42. The molecule has 96 valence electrons. The highest BCUT2D eigenvalue weighted by Crippen LogP contribution is 2.10. The van der Waals surface area contributed by atoms with Crippen LogP contribution in [0.5, 0.6) is 0 Å². The van der Waals surface area contributed by atoms with Gasteiger partial charge in [-0.05, 0) is 12.8 Å². The summed E-state index contributed by atoms with van der Waals surface area (Å²) >= 11 is 1.75. The number of likely N-dealkylation sites (tertiary alicyclic amines) is 1. The first-order chi connectivity index (χ1) is 8.27. The molecule has 2 amide bonds. The summed E-state index contributed by atoms with van der Waals surface area (Å²) in [6, 6.07) is -0.0339. The highest BCUT2D eigenvalue weighted by molar-refractivity contribution is 7.99. The van der Waals surface area contributed by atoms with Crippen LogP contribution in [-0.4, -0.2) is 54.0 Å². The molecule has 0 saturated carbocycles. The predicted molar refractivity (Wildman–Crippen MR) is 67.7 cm³/mol. The molecule has 2 aliphatic rings. The largest absolute Gasteiger partial charge is 0.355 e. The Morgan fingerprint density at radius 1 is 1.59 bits per heavy atom. The van der Waals surface area contributed by atoms with Gasteiger partial charge < -0.3 is 10.2 Å². The summed E-state index contributed by atoms with van der Waals surface area (Å²) in [5, 5.41) is 6.04. The van der Waals surface area contributed by atoms with E-state index in [1.807, 2.05) is 4.90 Å². The van der Waals surface area contributed by atoms with Gasteiger partial charge in [-0.2, -0.15) is 0 Å². The third kappa shape index (κ3) is 3.61. The highest BCUT2D eigenvalue weighted by atomic mass is 32.2. The van der Waals surface area contributed by atoms with E-state index < -0.39 is 0 Å². The van der Waals surface area contributed by atoms with Crippen molar-refractivity contribution in [3.63, 3.8) is 0 Å². The van der Waals surface area contributed by atoms with Crippen molar-refractivity contribution in [3.05, 3.63) is 0 Å². The van der Waals surface area contributed by atoms with Crippen LogP contribution >= 0.6 is 11.8 Å². The Labute approximate surface area is 106 Å². The summed E-state index contributed by atoms with van der Waals surface area (Å²) in [4.78, 5) is 24.9. The van der Waals surface area contributed by atoms with Crippen molar-refractivity contribution in [1.29, 1.82) is 0 Å². The van der Waals surface area contributed by atoms with Crippen molar-refractivity contribution < 1.29 is 9.59 Å². The first kappa shape index (κ1) is 12.7. The average Bonchev–Trinajstić information content (AvgIpc) is 2.96. The predicted octanol–water partition coefficient (Wildman–Crippen LogP) is -0.222. The van der Waals surface area contributed by atoms with Gasteiger partial charge >= 0.3 is 0 Å². The van der Waals surface area contributed by atoms with Crippen LogP contribution in [0.3, 0.4) is 0 Å².